The highest BCUT2D eigenvalue weighted by atomic mass is 16.6. The molecule has 3 aliphatic heterocycles. The molecule has 3 atom stereocenters. The van der Waals surface area contributed by atoms with E-state index in [4.69, 9.17) is 32.8 Å². The van der Waals surface area contributed by atoms with Gasteiger partial charge in [-0.15, -0.1) is 0 Å². The summed E-state index contributed by atoms with van der Waals surface area (Å²) in [6.07, 6.45) is 0.458. The molecule has 0 bridgehead atoms. The minimum atomic E-state index is 0.133. The molecule has 0 radical (unpaired) electrons. The van der Waals surface area contributed by atoms with E-state index in [0.717, 1.165) is 92.0 Å². The molecule has 44 heavy (non-hydrogen) atoms. The number of para-hydroxylation sites is 1. The first-order valence-corrected chi connectivity index (χ1v) is 15.1. The lowest BCUT2D eigenvalue weighted by molar-refractivity contribution is 0.263. The quantitative estimate of drug-likeness (QED) is 0.116. The Labute approximate surface area is 253 Å². The van der Waals surface area contributed by atoms with Crippen LogP contribution in [0.1, 0.15) is 0 Å². The molecule has 9 rings (SSSR count). The maximum Gasteiger partial charge on any atom is 0.147 e. The van der Waals surface area contributed by atoms with Gasteiger partial charge in [0.1, 0.15) is 66.7 Å². The summed E-state index contributed by atoms with van der Waals surface area (Å²) in [6.45, 7) is 3.77. The lowest BCUT2D eigenvalue weighted by atomic mass is 9.92. The van der Waals surface area contributed by atoms with Gasteiger partial charge in [-0.1, -0.05) is 60.7 Å². The fourth-order valence-electron chi connectivity index (χ4n) is 5.92. The molecule has 6 aromatic rings. The summed E-state index contributed by atoms with van der Waals surface area (Å²) in [5, 5.41) is 5.27. The Morgan fingerprint density at radius 1 is 0.545 bits per heavy atom. The van der Waals surface area contributed by atoms with Gasteiger partial charge in [-0.05, 0) is 46.7 Å². The van der Waals surface area contributed by atoms with E-state index < -0.39 is 0 Å². The van der Waals surface area contributed by atoms with Gasteiger partial charge >= 0.3 is 0 Å². The van der Waals surface area contributed by atoms with Crippen molar-refractivity contribution in [3.63, 3.8) is 0 Å². The molecule has 7 nitrogen and oxygen atoms in total. The number of epoxide rings is 3. The van der Waals surface area contributed by atoms with E-state index in [-0.39, 0.29) is 18.3 Å². The van der Waals surface area contributed by atoms with E-state index in [1.807, 2.05) is 36.4 Å². The molecule has 220 valence electrons. The molecule has 3 fully saturated rings. The zero-order valence-electron chi connectivity index (χ0n) is 24.0. The van der Waals surface area contributed by atoms with Gasteiger partial charge in [-0.2, -0.15) is 0 Å². The molecule has 4 heterocycles. The Morgan fingerprint density at radius 2 is 1.14 bits per heavy atom. The van der Waals surface area contributed by atoms with Crippen molar-refractivity contribution >= 4 is 32.5 Å². The summed E-state index contributed by atoms with van der Waals surface area (Å²) in [7, 11) is 0. The highest BCUT2D eigenvalue weighted by molar-refractivity contribution is 6.30. The fourth-order valence-corrected chi connectivity index (χ4v) is 5.92. The molecule has 3 aliphatic rings. The summed E-state index contributed by atoms with van der Waals surface area (Å²) in [5.41, 5.74) is 3.67. The number of hydrogen-bond donors (Lipinski definition) is 0. The van der Waals surface area contributed by atoms with E-state index >= 15 is 0 Å². The van der Waals surface area contributed by atoms with Crippen molar-refractivity contribution < 1.29 is 32.8 Å². The van der Waals surface area contributed by atoms with E-state index in [1.54, 1.807) is 0 Å². The Morgan fingerprint density at radius 3 is 1.86 bits per heavy atom. The average Bonchev–Trinajstić information content (AvgIpc) is 3.94. The molecule has 7 heteroatoms. The number of furan rings is 1. The van der Waals surface area contributed by atoms with Crippen LogP contribution in [0.4, 0.5) is 0 Å². The monoisotopic (exact) mass is 586 g/mol. The fraction of sp³-hybridized carbons (Fsp3) is 0.243. The zero-order chi connectivity index (χ0) is 29.0. The number of fused-ring (bicyclic) bond motifs is 6. The summed E-state index contributed by atoms with van der Waals surface area (Å²) < 4.78 is 41.9. The molecule has 5 aromatic carbocycles. The second-order valence-electron chi connectivity index (χ2n) is 11.6. The molecule has 1 aromatic heterocycles. The van der Waals surface area contributed by atoms with Gasteiger partial charge in [0.15, 0.2) is 0 Å². The number of rotatable bonds is 11. The molecule has 0 spiro atoms. The largest absolute Gasteiger partial charge is 0.491 e. The summed E-state index contributed by atoms with van der Waals surface area (Å²) >= 11 is 0. The number of ether oxygens (including phenoxy) is 6. The predicted molar refractivity (Wildman–Crippen MR) is 168 cm³/mol. The van der Waals surface area contributed by atoms with Gasteiger partial charge in [-0.3, -0.25) is 0 Å². The average molecular weight is 587 g/mol. The zero-order valence-corrected chi connectivity index (χ0v) is 24.0. The second-order valence-corrected chi connectivity index (χ2v) is 11.6. The third-order valence-corrected chi connectivity index (χ3v) is 8.41. The van der Waals surface area contributed by atoms with Crippen molar-refractivity contribution in [3.8, 4) is 39.7 Å². The summed E-state index contributed by atoms with van der Waals surface area (Å²) in [4.78, 5) is 0. The van der Waals surface area contributed by atoms with Gasteiger partial charge in [0.25, 0.3) is 0 Å². The standard InChI is InChI=1S/C37H30O7/c1-2-7-29-27(6-1)28-9-5-11-32(43-21-26-19-41-26)34(28)35-33(22-12-14-23(15-13-22)38-16-24-17-39-24)37(44-36(29)35)30-8-3-4-10-31(30)42-20-25-18-40-25/h1-15,24-26H,16-21H2. The van der Waals surface area contributed by atoms with Crippen LogP contribution in [0.5, 0.6) is 17.2 Å². The molecular formula is C37H30O7. The van der Waals surface area contributed by atoms with Gasteiger partial charge in [0, 0.05) is 21.7 Å². The van der Waals surface area contributed by atoms with Crippen LogP contribution in [-0.4, -0.2) is 58.0 Å². The third-order valence-electron chi connectivity index (χ3n) is 8.41. The SMILES string of the molecule is c1ccc(-c2oc3c4ccccc4c4cccc(OCC5CO5)c4c3c2-c2ccc(OCC3CO3)cc2)c(OCC2CO2)c1. The first-order valence-electron chi connectivity index (χ1n) is 15.1. The van der Waals surface area contributed by atoms with E-state index in [1.165, 1.54) is 0 Å². The van der Waals surface area contributed by atoms with Crippen LogP contribution in [-0.2, 0) is 14.2 Å². The molecular weight excluding hydrogens is 556 g/mol. The van der Waals surface area contributed by atoms with Gasteiger partial charge in [0.05, 0.1) is 25.4 Å². The van der Waals surface area contributed by atoms with Crippen LogP contribution in [0.15, 0.2) is 95.4 Å². The highest BCUT2D eigenvalue weighted by Gasteiger charge is 2.29. The van der Waals surface area contributed by atoms with Crippen LogP contribution >= 0.6 is 0 Å². The lowest BCUT2D eigenvalue weighted by Gasteiger charge is -2.14. The minimum absolute atomic E-state index is 0.133. The maximum atomic E-state index is 7.00. The Balaban J connectivity index is 1.31. The van der Waals surface area contributed by atoms with Crippen LogP contribution in [0.25, 0.3) is 55.0 Å². The smallest absolute Gasteiger partial charge is 0.147 e. The molecule has 0 aliphatic carbocycles. The molecule has 3 saturated heterocycles. The van der Waals surface area contributed by atoms with Crippen molar-refractivity contribution in [1.82, 2.24) is 0 Å². The van der Waals surface area contributed by atoms with E-state index in [9.17, 15) is 0 Å². The van der Waals surface area contributed by atoms with Crippen molar-refractivity contribution in [2.24, 2.45) is 0 Å². The molecule has 0 N–H and O–H groups in total. The van der Waals surface area contributed by atoms with Crippen molar-refractivity contribution in [2.75, 3.05) is 39.6 Å². The van der Waals surface area contributed by atoms with Crippen molar-refractivity contribution in [1.29, 1.82) is 0 Å². The van der Waals surface area contributed by atoms with Crippen LogP contribution in [0.3, 0.4) is 0 Å². The van der Waals surface area contributed by atoms with E-state index in [0.29, 0.717) is 19.8 Å². The first-order chi connectivity index (χ1) is 21.8. The van der Waals surface area contributed by atoms with Gasteiger partial charge in [-0.25, -0.2) is 0 Å². The Kier molecular flexibility index (Phi) is 6.21. The highest BCUT2D eigenvalue weighted by Crippen LogP contribution is 2.51. The number of benzene rings is 5. The Hall–Kier alpha value is -4.56. The summed E-state index contributed by atoms with van der Waals surface area (Å²) in [5.74, 6) is 3.10. The first kappa shape index (κ1) is 25.9. The normalized spacial score (nSPS) is 20.2. The van der Waals surface area contributed by atoms with Gasteiger partial charge < -0.3 is 32.8 Å². The third kappa shape index (κ3) is 4.83. The topological polar surface area (TPSA) is 78.4 Å². The van der Waals surface area contributed by atoms with Crippen LogP contribution < -0.4 is 14.2 Å². The second kappa shape index (κ2) is 10.6. The molecule has 3 unspecified atom stereocenters. The predicted octanol–water partition coefficient (Wildman–Crippen LogP) is 7.41. The summed E-state index contributed by atoms with van der Waals surface area (Å²) in [6, 6.07) is 30.9. The Bertz CT molecular complexity index is 2000. The molecule has 0 amide bonds. The van der Waals surface area contributed by atoms with Crippen LogP contribution in [0, 0.1) is 0 Å². The van der Waals surface area contributed by atoms with Crippen LogP contribution in [0.2, 0.25) is 0 Å². The maximum absolute atomic E-state index is 7.00. The number of hydrogen-bond acceptors (Lipinski definition) is 7. The van der Waals surface area contributed by atoms with E-state index in [2.05, 4.69) is 54.6 Å². The van der Waals surface area contributed by atoms with Crippen molar-refractivity contribution in [3.05, 3.63) is 91.0 Å². The minimum Gasteiger partial charge on any atom is -0.491 e. The molecule has 0 saturated carbocycles. The van der Waals surface area contributed by atoms with Gasteiger partial charge in [0.2, 0.25) is 0 Å². The van der Waals surface area contributed by atoms with Crippen molar-refractivity contribution in [2.45, 2.75) is 18.3 Å². The lowest BCUT2D eigenvalue weighted by Crippen LogP contribution is -2.05.